The Morgan fingerprint density at radius 2 is 2.00 bits per heavy atom. The first-order valence-corrected chi connectivity index (χ1v) is 9.67. The zero-order valence-electron chi connectivity index (χ0n) is 17.2. The van der Waals surface area contributed by atoms with Crippen LogP contribution in [0, 0.1) is 0 Å². The fourth-order valence-corrected chi connectivity index (χ4v) is 3.65. The van der Waals surface area contributed by atoms with Crippen molar-refractivity contribution >= 4 is 17.9 Å². The number of carboxylic acid groups (broad SMARTS) is 1. The first kappa shape index (κ1) is 21.0. The van der Waals surface area contributed by atoms with Gasteiger partial charge in [-0.15, -0.1) is 0 Å². The van der Waals surface area contributed by atoms with E-state index in [2.05, 4.69) is 15.5 Å². The molecule has 3 rings (SSSR count). The third-order valence-corrected chi connectivity index (χ3v) is 4.92. The van der Waals surface area contributed by atoms with Gasteiger partial charge >= 0.3 is 12.2 Å². The highest BCUT2D eigenvalue weighted by molar-refractivity contribution is 5.69. The molecule has 1 aromatic carbocycles. The van der Waals surface area contributed by atoms with Gasteiger partial charge in [-0.1, -0.05) is 6.07 Å². The Kier molecular flexibility index (Phi) is 6.07. The molecule has 0 radical (unpaired) electrons. The quantitative estimate of drug-likeness (QED) is 0.700. The second kappa shape index (κ2) is 8.36. The van der Waals surface area contributed by atoms with Gasteiger partial charge in [0, 0.05) is 32.0 Å². The largest absolute Gasteiger partial charge is 0.491 e. The number of carbonyl (C=O) groups excluding carboxylic acids is 1. The lowest BCUT2D eigenvalue weighted by Gasteiger charge is -2.27. The number of carbonyl (C=O) groups is 2. The average Bonchev–Trinajstić information content (AvgIpc) is 3.01. The van der Waals surface area contributed by atoms with Gasteiger partial charge in [0.15, 0.2) is 0 Å². The van der Waals surface area contributed by atoms with Gasteiger partial charge in [0.05, 0.1) is 18.2 Å². The van der Waals surface area contributed by atoms with Crippen molar-refractivity contribution in [1.82, 2.24) is 10.6 Å². The van der Waals surface area contributed by atoms with Crippen molar-refractivity contribution < 1.29 is 28.9 Å². The fraction of sp³-hybridized carbons (Fsp3) is 0.600. The van der Waals surface area contributed by atoms with Gasteiger partial charge in [0.25, 0.3) is 0 Å². The number of hydrogen-bond donors (Lipinski definition) is 3. The summed E-state index contributed by atoms with van der Waals surface area (Å²) in [7, 11) is 1.63. The Morgan fingerprint density at radius 3 is 2.66 bits per heavy atom. The van der Waals surface area contributed by atoms with Crippen molar-refractivity contribution in [2.24, 2.45) is 0 Å². The van der Waals surface area contributed by atoms with Crippen LogP contribution < -0.4 is 20.3 Å². The maximum Gasteiger partial charge on any atom is 0.408 e. The number of nitrogens with one attached hydrogen (secondary N) is 2. The number of nitrogens with zero attached hydrogens (tertiary/aromatic N) is 1. The van der Waals surface area contributed by atoms with Gasteiger partial charge in [-0.05, 0) is 38.8 Å². The minimum absolute atomic E-state index is 0.163. The number of anilines is 1. The van der Waals surface area contributed by atoms with E-state index in [-0.39, 0.29) is 18.2 Å². The standard InChI is InChI=1S/C20H29N3O6/c1-20(2,3)29-19(26)22-15-9-23(10-17(15)27-4)14-6-5-12-7-13(21-18(24)25)11-28-16(12)8-14/h5-6,8,13,15,17,21H,7,9-11H2,1-4H3,(H,22,26)(H,24,25)/t13-,15?,17?/m1/s1. The summed E-state index contributed by atoms with van der Waals surface area (Å²) in [5.41, 5.74) is 1.36. The molecule has 3 atom stereocenters. The van der Waals surface area contributed by atoms with Crippen LogP contribution in [0.1, 0.15) is 26.3 Å². The molecule has 0 spiro atoms. The summed E-state index contributed by atoms with van der Waals surface area (Å²) >= 11 is 0. The van der Waals surface area contributed by atoms with Crippen molar-refractivity contribution in [3.8, 4) is 5.75 Å². The average molecular weight is 407 g/mol. The molecule has 2 aliphatic heterocycles. The minimum atomic E-state index is -1.05. The molecule has 2 aliphatic rings. The molecule has 1 saturated heterocycles. The second-order valence-corrected chi connectivity index (χ2v) is 8.39. The second-order valence-electron chi connectivity index (χ2n) is 8.39. The molecule has 160 valence electrons. The SMILES string of the molecule is COC1CN(c2ccc3c(c2)OC[C@H](NC(=O)O)C3)CC1NC(=O)OC(C)(C)C. The van der Waals surface area contributed by atoms with E-state index in [0.29, 0.717) is 26.1 Å². The molecule has 2 unspecified atom stereocenters. The monoisotopic (exact) mass is 407 g/mol. The third kappa shape index (κ3) is 5.44. The molecule has 2 amide bonds. The van der Waals surface area contributed by atoms with Crippen LogP contribution in [0.4, 0.5) is 15.3 Å². The number of ether oxygens (including phenoxy) is 3. The number of alkyl carbamates (subject to hydrolysis) is 1. The summed E-state index contributed by atoms with van der Waals surface area (Å²) in [6, 6.07) is 5.44. The van der Waals surface area contributed by atoms with Crippen LogP contribution in [-0.2, 0) is 15.9 Å². The zero-order valence-corrected chi connectivity index (χ0v) is 17.2. The third-order valence-electron chi connectivity index (χ3n) is 4.92. The summed E-state index contributed by atoms with van der Waals surface area (Å²) in [4.78, 5) is 25.1. The van der Waals surface area contributed by atoms with Crippen LogP contribution in [0.5, 0.6) is 5.75 Å². The van der Waals surface area contributed by atoms with Gasteiger partial charge in [-0.25, -0.2) is 9.59 Å². The molecule has 29 heavy (non-hydrogen) atoms. The highest BCUT2D eigenvalue weighted by Gasteiger charge is 2.35. The van der Waals surface area contributed by atoms with Crippen molar-refractivity contribution in [2.75, 3.05) is 31.7 Å². The number of fused-ring (bicyclic) bond motifs is 1. The van der Waals surface area contributed by atoms with E-state index in [4.69, 9.17) is 19.3 Å². The van der Waals surface area contributed by atoms with Crippen LogP contribution >= 0.6 is 0 Å². The van der Waals surface area contributed by atoms with Crippen molar-refractivity contribution in [2.45, 2.75) is 51.0 Å². The van der Waals surface area contributed by atoms with Crippen LogP contribution in [0.25, 0.3) is 0 Å². The summed E-state index contributed by atoms with van der Waals surface area (Å²) < 4.78 is 16.7. The van der Waals surface area contributed by atoms with E-state index in [0.717, 1.165) is 17.0 Å². The highest BCUT2D eigenvalue weighted by Crippen LogP contribution is 2.32. The van der Waals surface area contributed by atoms with Gasteiger partial charge < -0.3 is 34.9 Å². The fourth-order valence-electron chi connectivity index (χ4n) is 3.65. The maximum atomic E-state index is 12.1. The molecular formula is C20H29N3O6. The number of benzene rings is 1. The van der Waals surface area contributed by atoms with Crippen molar-refractivity contribution in [3.63, 3.8) is 0 Å². The Labute approximate surface area is 170 Å². The topological polar surface area (TPSA) is 109 Å². The van der Waals surface area contributed by atoms with Gasteiger partial charge in [-0.2, -0.15) is 0 Å². The Balaban J connectivity index is 1.65. The van der Waals surface area contributed by atoms with E-state index in [1.165, 1.54) is 0 Å². The first-order chi connectivity index (χ1) is 13.6. The lowest BCUT2D eigenvalue weighted by atomic mass is 10.0. The predicted molar refractivity (Wildman–Crippen MR) is 107 cm³/mol. The number of amides is 2. The summed E-state index contributed by atoms with van der Waals surface area (Å²) in [5, 5.41) is 14.2. The van der Waals surface area contributed by atoms with Crippen LogP contribution in [0.3, 0.4) is 0 Å². The number of hydrogen-bond acceptors (Lipinski definition) is 6. The van der Waals surface area contributed by atoms with Crippen molar-refractivity contribution in [3.05, 3.63) is 23.8 Å². The molecular weight excluding hydrogens is 378 g/mol. The molecule has 1 fully saturated rings. The van der Waals surface area contributed by atoms with Crippen LogP contribution in [-0.4, -0.2) is 67.9 Å². The Hall–Kier alpha value is -2.68. The number of methoxy groups -OCH3 is 1. The molecule has 1 aromatic rings. The van der Waals surface area contributed by atoms with Gasteiger partial charge in [0.2, 0.25) is 0 Å². The van der Waals surface area contributed by atoms with E-state index in [1.54, 1.807) is 7.11 Å². The Morgan fingerprint density at radius 1 is 1.24 bits per heavy atom. The van der Waals surface area contributed by atoms with E-state index < -0.39 is 17.8 Å². The molecule has 0 bridgehead atoms. The molecule has 0 aromatic heterocycles. The number of rotatable bonds is 4. The van der Waals surface area contributed by atoms with Crippen LogP contribution in [0.2, 0.25) is 0 Å². The van der Waals surface area contributed by atoms with Crippen molar-refractivity contribution in [1.29, 1.82) is 0 Å². The summed E-state index contributed by atoms with van der Waals surface area (Å²) in [6.07, 6.45) is -1.09. The van der Waals surface area contributed by atoms with Crippen LogP contribution in [0.15, 0.2) is 18.2 Å². The Bertz CT molecular complexity index is 763. The molecule has 2 heterocycles. The molecule has 9 nitrogen and oxygen atoms in total. The van der Waals surface area contributed by atoms with E-state index >= 15 is 0 Å². The summed E-state index contributed by atoms with van der Waals surface area (Å²) in [6.45, 7) is 6.98. The molecule has 0 saturated carbocycles. The lowest BCUT2D eigenvalue weighted by molar-refractivity contribution is 0.0417. The van der Waals surface area contributed by atoms with Gasteiger partial charge in [-0.3, -0.25) is 0 Å². The lowest BCUT2D eigenvalue weighted by Crippen LogP contribution is -2.45. The van der Waals surface area contributed by atoms with E-state index in [9.17, 15) is 9.59 Å². The molecule has 0 aliphatic carbocycles. The maximum absolute atomic E-state index is 12.1. The highest BCUT2D eigenvalue weighted by atomic mass is 16.6. The molecule has 3 N–H and O–H groups in total. The minimum Gasteiger partial charge on any atom is -0.491 e. The normalized spacial score (nSPS) is 23.7. The first-order valence-electron chi connectivity index (χ1n) is 9.67. The predicted octanol–water partition coefficient (Wildman–Crippen LogP) is 1.99. The molecule has 9 heteroatoms. The van der Waals surface area contributed by atoms with E-state index in [1.807, 2.05) is 39.0 Å². The smallest absolute Gasteiger partial charge is 0.408 e. The zero-order chi connectivity index (χ0) is 21.2. The van der Waals surface area contributed by atoms with Gasteiger partial charge in [0.1, 0.15) is 18.0 Å². The summed E-state index contributed by atoms with van der Waals surface area (Å²) in [5.74, 6) is 0.753.